The van der Waals surface area contributed by atoms with Crippen molar-refractivity contribution in [1.82, 2.24) is 19.7 Å². The number of benzene rings is 4. The third kappa shape index (κ3) is 8.70. The molecule has 6 heterocycles. The molecule has 5 aromatic rings. The van der Waals surface area contributed by atoms with Gasteiger partial charge >= 0.3 is 0 Å². The fourth-order valence-corrected chi connectivity index (χ4v) is 10.2. The van der Waals surface area contributed by atoms with Gasteiger partial charge in [-0.2, -0.15) is 0 Å². The zero-order valence-corrected chi connectivity index (χ0v) is 34.3. The van der Waals surface area contributed by atoms with Gasteiger partial charge in [-0.1, -0.05) is 72.8 Å². The average molecular weight is 814 g/mol. The van der Waals surface area contributed by atoms with Crippen molar-refractivity contribution in [3.05, 3.63) is 132 Å². The average Bonchev–Trinajstić information content (AvgIpc) is 3.67. The number of ether oxygens (including phenoxy) is 1. The topological polar surface area (TPSA) is 70.0 Å². The second kappa shape index (κ2) is 17.7. The van der Waals surface area contributed by atoms with E-state index in [0.717, 1.165) is 80.6 Å². The molecule has 5 saturated heterocycles. The molecular formula is C49H53ClFN5O3. The number of piperidine rings is 4. The lowest BCUT2D eigenvalue weighted by Crippen LogP contribution is -2.63. The van der Waals surface area contributed by atoms with Crippen molar-refractivity contribution in [2.75, 3.05) is 56.7 Å². The Labute approximate surface area is 351 Å². The SMILES string of the molecule is O=C1CCC(n2cc3cc(F)c(N4CC5CCC4CN5CC4CCN(CCOc5ccc(C(=C(CCCl)c6ccccc6)c6ccccc6)cc5)CC4)cc3c2)C(=O)N1. The third-order valence-corrected chi connectivity index (χ3v) is 13.3. The smallest absolute Gasteiger partial charge is 0.249 e. The first-order valence-electron chi connectivity index (χ1n) is 21.4. The van der Waals surface area contributed by atoms with Crippen LogP contribution >= 0.6 is 11.6 Å². The summed E-state index contributed by atoms with van der Waals surface area (Å²) in [6, 6.07) is 33.5. The minimum atomic E-state index is -0.450. The number of carbonyl (C=O) groups excluding carboxylic acids is 2. The first-order chi connectivity index (χ1) is 28.9. The number of imide groups is 1. The van der Waals surface area contributed by atoms with Gasteiger partial charge in [-0.05, 0) is 110 Å². The van der Waals surface area contributed by atoms with E-state index in [2.05, 4.69) is 98.9 Å². The molecule has 0 spiro atoms. The van der Waals surface area contributed by atoms with Gasteiger partial charge in [-0.25, -0.2) is 4.39 Å². The van der Waals surface area contributed by atoms with Gasteiger partial charge in [0.1, 0.15) is 24.2 Å². The molecular weight excluding hydrogens is 761 g/mol. The van der Waals surface area contributed by atoms with Crippen LogP contribution in [0.3, 0.4) is 0 Å². The van der Waals surface area contributed by atoms with Crippen LogP contribution in [-0.4, -0.2) is 90.0 Å². The number of allylic oxidation sites excluding steroid dienone is 1. The van der Waals surface area contributed by atoms with Gasteiger partial charge in [0.05, 0.1) is 5.69 Å². The van der Waals surface area contributed by atoms with Crippen molar-refractivity contribution in [3.63, 3.8) is 0 Å². The number of likely N-dealkylation sites (tertiary alicyclic amines) is 1. The number of rotatable bonds is 13. The Morgan fingerprint density at radius 2 is 1.46 bits per heavy atom. The molecule has 5 aliphatic rings. The van der Waals surface area contributed by atoms with Gasteiger partial charge < -0.3 is 14.2 Å². The molecule has 1 N–H and O–H groups in total. The molecule has 0 saturated carbocycles. The molecule has 3 unspecified atom stereocenters. The molecule has 4 aromatic carbocycles. The summed E-state index contributed by atoms with van der Waals surface area (Å²) in [7, 11) is 0. The van der Waals surface area contributed by atoms with Crippen molar-refractivity contribution in [2.45, 2.75) is 63.1 Å². The molecule has 2 amide bonds. The standard InChI is InChI=1S/C49H53ClFN5O3/c50-22-19-43(35-7-3-1-4-8-35)48(36-9-5-2-6-10-36)37-11-15-42(16-12-37)59-26-25-53-23-20-34(21-24-53)29-54-32-41-14-13-40(54)33-56(41)46-28-39-31-55(30-38(39)27-44(46)51)45-17-18-47(57)52-49(45)58/h1-12,15-16,27-28,30-31,34,40-41,45H,13-14,17-26,29,32-33H2,(H,52,57,58). The number of nitrogens with one attached hydrogen (secondary N) is 1. The van der Waals surface area contributed by atoms with E-state index in [-0.39, 0.29) is 23.7 Å². The van der Waals surface area contributed by atoms with Crippen LogP contribution in [0.15, 0.2) is 109 Å². The Balaban J connectivity index is 0.763. The number of nitrogens with zero attached hydrogens (tertiary/aromatic N) is 4. The van der Waals surface area contributed by atoms with Crippen molar-refractivity contribution < 1.29 is 18.7 Å². The largest absolute Gasteiger partial charge is 0.492 e. The van der Waals surface area contributed by atoms with Crippen LogP contribution < -0.4 is 15.0 Å². The minimum Gasteiger partial charge on any atom is -0.492 e. The van der Waals surface area contributed by atoms with E-state index in [1.165, 1.54) is 35.1 Å². The van der Waals surface area contributed by atoms with Crippen molar-refractivity contribution in [2.24, 2.45) is 5.92 Å². The van der Waals surface area contributed by atoms with Crippen LogP contribution in [0.4, 0.5) is 10.1 Å². The van der Waals surface area contributed by atoms with Gasteiger partial charge in [0, 0.05) is 73.7 Å². The Morgan fingerprint density at radius 3 is 2.14 bits per heavy atom. The minimum absolute atomic E-state index is 0.212. The summed E-state index contributed by atoms with van der Waals surface area (Å²) >= 11 is 6.36. The van der Waals surface area contributed by atoms with Crippen LogP contribution in [-0.2, 0) is 9.59 Å². The Hall–Kier alpha value is -4.96. The van der Waals surface area contributed by atoms with Crippen molar-refractivity contribution >= 4 is 51.0 Å². The molecule has 1 aromatic heterocycles. The maximum absolute atomic E-state index is 15.7. The summed E-state index contributed by atoms with van der Waals surface area (Å²) < 4.78 is 23.8. The number of hydrogen-bond acceptors (Lipinski definition) is 6. The normalized spacial score (nSPS) is 22.1. The number of alkyl halides is 1. The molecule has 10 heteroatoms. The molecule has 0 aliphatic carbocycles. The number of anilines is 1. The molecule has 0 radical (unpaired) electrons. The van der Waals surface area contributed by atoms with Crippen LogP contribution in [0.2, 0.25) is 0 Å². The fraction of sp³-hybridized carbons (Fsp3) is 0.388. The Kier molecular flexibility index (Phi) is 11.9. The first kappa shape index (κ1) is 39.5. The lowest BCUT2D eigenvalue weighted by molar-refractivity contribution is -0.135. The lowest BCUT2D eigenvalue weighted by Gasteiger charge is -2.53. The Morgan fingerprint density at radius 1 is 0.780 bits per heavy atom. The van der Waals surface area contributed by atoms with Crippen molar-refractivity contribution in [1.29, 1.82) is 0 Å². The Bertz CT molecular complexity index is 2290. The molecule has 10 rings (SSSR count). The van der Waals surface area contributed by atoms with Gasteiger partial charge in [-0.15, -0.1) is 11.6 Å². The number of carbonyl (C=O) groups is 2. The van der Waals surface area contributed by atoms with E-state index in [1.807, 2.05) is 29.1 Å². The summed E-state index contributed by atoms with van der Waals surface area (Å²) in [6.45, 7) is 6.64. The molecule has 3 atom stereocenters. The zero-order valence-electron chi connectivity index (χ0n) is 33.6. The predicted molar refractivity (Wildman–Crippen MR) is 234 cm³/mol. The number of fused-ring (bicyclic) bond motifs is 4. The highest BCUT2D eigenvalue weighted by molar-refractivity contribution is 6.18. The quantitative estimate of drug-likeness (QED) is 0.0729. The second-order valence-corrected chi connectivity index (χ2v) is 17.2. The molecule has 306 valence electrons. The number of amides is 2. The molecule has 8 nitrogen and oxygen atoms in total. The number of aromatic nitrogens is 1. The van der Waals surface area contributed by atoms with E-state index in [9.17, 15) is 9.59 Å². The van der Waals surface area contributed by atoms with Crippen LogP contribution in [0.1, 0.15) is 67.7 Å². The van der Waals surface area contributed by atoms with Gasteiger partial charge in [-0.3, -0.25) is 24.7 Å². The number of halogens is 2. The molecule has 5 aliphatic heterocycles. The predicted octanol–water partition coefficient (Wildman–Crippen LogP) is 8.79. The van der Waals surface area contributed by atoms with Crippen LogP contribution in [0, 0.1) is 11.7 Å². The van der Waals surface area contributed by atoms with E-state index in [0.29, 0.717) is 43.0 Å². The molecule has 5 fully saturated rings. The lowest BCUT2D eigenvalue weighted by atomic mass is 9.87. The van der Waals surface area contributed by atoms with E-state index >= 15 is 4.39 Å². The van der Waals surface area contributed by atoms with E-state index in [4.69, 9.17) is 16.3 Å². The van der Waals surface area contributed by atoms with Crippen molar-refractivity contribution in [3.8, 4) is 5.75 Å². The summed E-state index contributed by atoms with van der Waals surface area (Å²) in [4.78, 5) is 31.7. The molecule has 2 bridgehead atoms. The van der Waals surface area contributed by atoms with E-state index < -0.39 is 6.04 Å². The fourth-order valence-electron chi connectivity index (χ4n) is 9.98. The summed E-state index contributed by atoms with van der Waals surface area (Å²) in [5, 5.41) is 4.12. The van der Waals surface area contributed by atoms with Crippen LogP contribution in [0.5, 0.6) is 5.75 Å². The highest BCUT2D eigenvalue weighted by Gasteiger charge is 2.41. The van der Waals surface area contributed by atoms with Gasteiger partial charge in [0.15, 0.2) is 0 Å². The highest BCUT2D eigenvalue weighted by atomic mass is 35.5. The first-order valence-corrected chi connectivity index (χ1v) is 21.9. The maximum atomic E-state index is 15.7. The van der Waals surface area contributed by atoms with Gasteiger partial charge in [0.2, 0.25) is 11.8 Å². The summed E-state index contributed by atoms with van der Waals surface area (Å²) in [5.41, 5.74) is 6.62. The van der Waals surface area contributed by atoms with Gasteiger partial charge in [0.25, 0.3) is 0 Å². The number of piperazine rings is 1. The van der Waals surface area contributed by atoms with E-state index in [1.54, 1.807) is 6.07 Å². The molecule has 59 heavy (non-hydrogen) atoms. The summed E-state index contributed by atoms with van der Waals surface area (Å²) in [5.74, 6) is 1.35. The number of hydrogen-bond donors (Lipinski definition) is 1. The monoisotopic (exact) mass is 813 g/mol. The highest BCUT2D eigenvalue weighted by Crippen LogP contribution is 2.38. The zero-order chi connectivity index (χ0) is 40.3. The van der Waals surface area contributed by atoms with Crippen LogP contribution in [0.25, 0.3) is 21.9 Å². The third-order valence-electron chi connectivity index (χ3n) is 13.1. The maximum Gasteiger partial charge on any atom is 0.249 e. The summed E-state index contributed by atoms with van der Waals surface area (Å²) in [6.07, 6.45) is 9.89. The second-order valence-electron chi connectivity index (χ2n) is 16.8.